The van der Waals surface area contributed by atoms with Crippen molar-refractivity contribution in [3.8, 4) is 11.5 Å². The lowest BCUT2D eigenvalue weighted by Crippen LogP contribution is -2.37. The maximum absolute atomic E-state index is 11.1. The van der Waals surface area contributed by atoms with E-state index in [0.29, 0.717) is 12.4 Å². The molecule has 0 aliphatic carbocycles. The molecule has 0 saturated heterocycles. The molecule has 0 aliphatic rings. The monoisotopic (exact) mass is 296 g/mol. The van der Waals surface area contributed by atoms with Crippen LogP contribution in [0.3, 0.4) is 0 Å². The molecule has 7 nitrogen and oxygen atoms in total. The fourth-order valence-corrected chi connectivity index (χ4v) is 1.78. The van der Waals surface area contributed by atoms with Crippen LogP contribution < -0.4 is 15.8 Å². The van der Waals surface area contributed by atoms with Gasteiger partial charge in [0, 0.05) is 13.0 Å². The van der Waals surface area contributed by atoms with Crippen molar-refractivity contribution in [2.45, 2.75) is 32.4 Å². The highest BCUT2D eigenvalue weighted by atomic mass is 16.5. The number of carbonyl (C=O) groups is 2. The van der Waals surface area contributed by atoms with Gasteiger partial charge in [-0.2, -0.15) is 0 Å². The number of ether oxygens (including phenoxy) is 1. The van der Waals surface area contributed by atoms with Crippen molar-refractivity contribution in [1.82, 2.24) is 5.32 Å². The molecule has 116 valence electrons. The van der Waals surface area contributed by atoms with Crippen LogP contribution in [0, 0.1) is 0 Å². The van der Waals surface area contributed by atoms with Crippen LogP contribution in [0.4, 0.5) is 0 Å². The number of phenols is 1. The van der Waals surface area contributed by atoms with Gasteiger partial charge in [-0.05, 0) is 31.0 Å². The number of nitrogens with two attached hydrogens (primary N) is 1. The maximum Gasteiger partial charge on any atom is 0.320 e. The second kappa shape index (κ2) is 8.11. The molecule has 7 heteroatoms. The van der Waals surface area contributed by atoms with Crippen LogP contribution in [0.1, 0.15) is 25.3 Å². The van der Waals surface area contributed by atoms with Crippen molar-refractivity contribution in [2.24, 2.45) is 5.73 Å². The lowest BCUT2D eigenvalue weighted by molar-refractivity contribution is -0.139. The first kappa shape index (κ1) is 16.8. The number of primary amides is 1. The molecule has 1 rings (SSSR count). The lowest BCUT2D eigenvalue weighted by Gasteiger charge is -2.14. The number of carbonyl (C=O) groups excluding carboxylic acids is 1. The van der Waals surface area contributed by atoms with Gasteiger partial charge in [0.25, 0.3) is 0 Å². The Labute approximate surface area is 122 Å². The first-order chi connectivity index (χ1) is 9.93. The van der Waals surface area contributed by atoms with E-state index in [1.165, 1.54) is 6.07 Å². The molecule has 1 aromatic carbocycles. The Bertz CT molecular complexity index is 504. The molecule has 21 heavy (non-hydrogen) atoms. The minimum Gasteiger partial charge on any atom is -0.504 e. The van der Waals surface area contributed by atoms with Crippen molar-refractivity contribution in [1.29, 1.82) is 0 Å². The Morgan fingerprint density at radius 3 is 2.71 bits per heavy atom. The summed E-state index contributed by atoms with van der Waals surface area (Å²) in [4.78, 5) is 21.8. The topological polar surface area (TPSA) is 122 Å². The van der Waals surface area contributed by atoms with Crippen molar-refractivity contribution in [2.75, 3.05) is 6.61 Å². The number of aromatic hydroxyl groups is 1. The highest BCUT2D eigenvalue weighted by Gasteiger charge is 2.17. The third kappa shape index (κ3) is 5.70. The standard InChI is InChI=1S/C14H20N2O5/c1-2-21-12-7-9(3-5-11(12)17)8-16-10(14(19)20)4-6-13(15)18/h3,5,7,10,16-17H,2,4,6,8H2,1H3,(H2,15,18)(H,19,20). The number of carboxylic acids is 1. The molecule has 0 fully saturated rings. The summed E-state index contributed by atoms with van der Waals surface area (Å²) in [6.07, 6.45) is 0.130. The Morgan fingerprint density at radius 1 is 1.43 bits per heavy atom. The van der Waals surface area contributed by atoms with Gasteiger partial charge in [0.1, 0.15) is 6.04 Å². The van der Waals surface area contributed by atoms with Gasteiger partial charge in [0.05, 0.1) is 6.61 Å². The van der Waals surface area contributed by atoms with Gasteiger partial charge in [-0.15, -0.1) is 0 Å². The zero-order valence-corrected chi connectivity index (χ0v) is 11.8. The zero-order valence-electron chi connectivity index (χ0n) is 11.8. The maximum atomic E-state index is 11.1. The second-order valence-electron chi connectivity index (χ2n) is 4.51. The van der Waals surface area contributed by atoms with E-state index in [2.05, 4.69) is 5.32 Å². The third-order valence-electron chi connectivity index (χ3n) is 2.85. The predicted molar refractivity (Wildman–Crippen MR) is 76.0 cm³/mol. The number of hydrogen-bond donors (Lipinski definition) is 4. The van der Waals surface area contributed by atoms with Crippen molar-refractivity contribution in [3.05, 3.63) is 23.8 Å². The van der Waals surface area contributed by atoms with E-state index in [1.807, 2.05) is 0 Å². The third-order valence-corrected chi connectivity index (χ3v) is 2.85. The minimum absolute atomic E-state index is 0.00371. The summed E-state index contributed by atoms with van der Waals surface area (Å²) in [7, 11) is 0. The quantitative estimate of drug-likeness (QED) is 0.529. The fraction of sp³-hybridized carbons (Fsp3) is 0.429. The zero-order chi connectivity index (χ0) is 15.8. The van der Waals surface area contributed by atoms with Crippen LogP contribution in [-0.4, -0.2) is 34.7 Å². The summed E-state index contributed by atoms with van der Waals surface area (Å²) in [5.41, 5.74) is 5.78. The van der Waals surface area contributed by atoms with Crippen LogP contribution >= 0.6 is 0 Å². The van der Waals surface area contributed by atoms with Gasteiger partial charge in [-0.1, -0.05) is 6.07 Å². The molecular formula is C14H20N2O5. The van der Waals surface area contributed by atoms with Gasteiger partial charge in [0.2, 0.25) is 5.91 Å². The fourth-order valence-electron chi connectivity index (χ4n) is 1.78. The van der Waals surface area contributed by atoms with E-state index in [4.69, 9.17) is 15.6 Å². The van der Waals surface area contributed by atoms with Gasteiger partial charge in [-0.25, -0.2) is 0 Å². The first-order valence-electron chi connectivity index (χ1n) is 6.63. The van der Waals surface area contributed by atoms with Crippen molar-refractivity contribution >= 4 is 11.9 Å². The van der Waals surface area contributed by atoms with E-state index >= 15 is 0 Å². The molecule has 0 bridgehead atoms. The smallest absolute Gasteiger partial charge is 0.320 e. The van der Waals surface area contributed by atoms with Gasteiger partial charge in [0.15, 0.2) is 11.5 Å². The van der Waals surface area contributed by atoms with Crippen molar-refractivity contribution < 1.29 is 24.5 Å². The Balaban J connectivity index is 2.64. The summed E-state index contributed by atoms with van der Waals surface area (Å²) < 4.78 is 5.26. The van der Waals surface area contributed by atoms with E-state index in [0.717, 1.165) is 5.56 Å². The minimum atomic E-state index is -1.04. The van der Waals surface area contributed by atoms with Gasteiger partial charge in [-0.3, -0.25) is 9.59 Å². The molecule has 0 aliphatic heterocycles. The average molecular weight is 296 g/mol. The van der Waals surface area contributed by atoms with Crippen LogP contribution in [0.15, 0.2) is 18.2 Å². The van der Waals surface area contributed by atoms with E-state index < -0.39 is 17.9 Å². The SMILES string of the molecule is CCOc1cc(CNC(CCC(N)=O)C(=O)O)ccc1O. The van der Waals surface area contributed by atoms with E-state index in [1.54, 1.807) is 19.1 Å². The first-order valence-corrected chi connectivity index (χ1v) is 6.63. The molecule has 0 radical (unpaired) electrons. The van der Waals surface area contributed by atoms with Gasteiger partial charge >= 0.3 is 5.97 Å². The molecule has 5 N–H and O–H groups in total. The molecule has 0 saturated carbocycles. The Kier molecular flexibility index (Phi) is 6.48. The molecular weight excluding hydrogens is 276 g/mol. The molecule has 0 spiro atoms. The molecule has 1 unspecified atom stereocenters. The highest BCUT2D eigenvalue weighted by molar-refractivity contribution is 5.77. The number of nitrogens with one attached hydrogen (secondary N) is 1. The number of amides is 1. The average Bonchev–Trinajstić information content (AvgIpc) is 2.41. The van der Waals surface area contributed by atoms with Crippen LogP contribution in [0.25, 0.3) is 0 Å². The molecule has 1 aromatic rings. The number of phenolic OH excluding ortho intramolecular Hbond substituents is 1. The van der Waals surface area contributed by atoms with Crippen LogP contribution in [0.2, 0.25) is 0 Å². The number of benzene rings is 1. The highest BCUT2D eigenvalue weighted by Crippen LogP contribution is 2.26. The van der Waals surface area contributed by atoms with Crippen molar-refractivity contribution in [3.63, 3.8) is 0 Å². The molecule has 0 aromatic heterocycles. The summed E-state index contributed by atoms with van der Waals surface area (Å²) in [5, 5.41) is 21.5. The number of aliphatic carboxylic acids is 1. The van der Waals surface area contributed by atoms with E-state index in [-0.39, 0.29) is 25.1 Å². The summed E-state index contributed by atoms with van der Waals surface area (Å²) in [6.45, 7) is 2.49. The Morgan fingerprint density at radius 2 is 2.14 bits per heavy atom. The Hall–Kier alpha value is -2.28. The van der Waals surface area contributed by atoms with E-state index in [9.17, 15) is 14.7 Å². The number of rotatable bonds is 9. The number of hydrogen-bond acceptors (Lipinski definition) is 5. The lowest BCUT2D eigenvalue weighted by atomic mass is 10.1. The summed E-state index contributed by atoms with van der Waals surface area (Å²) in [5.74, 6) is -1.20. The molecule has 0 heterocycles. The van der Waals surface area contributed by atoms with Gasteiger partial charge < -0.3 is 26.0 Å². The van der Waals surface area contributed by atoms with Crippen LogP contribution in [-0.2, 0) is 16.1 Å². The number of carboxylic acid groups (broad SMARTS) is 1. The summed E-state index contributed by atoms with van der Waals surface area (Å²) >= 11 is 0. The second-order valence-corrected chi connectivity index (χ2v) is 4.51. The largest absolute Gasteiger partial charge is 0.504 e. The summed E-state index contributed by atoms with van der Waals surface area (Å²) in [6, 6.07) is 3.93. The molecule has 1 amide bonds. The normalized spacial score (nSPS) is 11.9. The molecule has 1 atom stereocenters. The van der Waals surface area contributed by atoms with Crippen LogP contribution in [0.5, 0.6) is 11.5 Å². The predicted octanol–water partition coefficient (Wildman–Crippen LogP) is 0.599.